The van der Waals surface area contributed by atoms with Crippen molar-refractivity contribution in [3.05, 3.63) is 59.1 Å². The molecule has 0 saturated heterocycles. The first-order chi connectivity index (χ1) is 7.18. The molecular formula is C12H7ClF2. The van der Waals surface area contributed by atoms with Crippen LogP contribution in [0.5, 0.6) is 0 Å². The molecule has 2 rings (SSSR count). The van der Waals surface area contributed by atoms with Crippen LogP contribution in [-0.4, -0.2) is 0 Å². The second-order valence-corrected chi connectivity index (χ2v) is 3.51. The highest BCUT2D eigenvalue weighted by molar-refractivity contribution is 6.33. The predicted octanol–water partition coefficient (Wildman–Crippen LogP) is 4.29. The van der Waals surface area contributed by atoms with E-state index in [0.717, 1.165) is 0 Å². The Morgan fingerprint density at radius 3 is 2.33 bits per heavy atom. The van der Waals surface area contributed by atoms with E-state index in [2.05, 4.69) is 0 Å². The van der Waals surface area contributed by atoms with Crippen LogP contribution in [0, 0.1) is 11.6 Å². The lowest BCUT2D eigenvalue weighted by atomic mass is 10.1. The van der Waals surface area contributed by atoms with Gasteiger partial charge in [-0.3, -0.25) is 0 Å². The fourth-order valence-corrected chi connectivity index (χ4v) is 1.69. The molecule has 0 aliphatic carbocycles. The normalized spacial score (nSPS) is 10.3. The zero-order valence-electron chi connectivity index (χ0n) is 7.68. The van der Waals surface area contributed by atoms with E-state index in [1.165, 1.54) is 30.3 Å². The summed E-state index contributed by atoms with van der Waals surface area (Å²) in [5.74, 6) is -0.861. The van der Waals surface area contributed by atoms with Crippen molar-refractivity contribution in [1.82, 2.24) is 0 Å². The van der Waals surface area contributed by atoms with Crippen LogP contribution in [0.3, 0.4) is 0 Å². The summed E-state index contributed by atoms with van der Waals surface area (Å²) < 4.78 is 26.4. The van der Waals surface area contributed by atoms with Gasteiger partial charge in [-0.25, -0.2) is 8.78 Å². The fraction of sp³-hybridized carbons (Fsp3) is 0. The molecule has 0 saturated carbocycles. The molecule has 0 radical (unpaired) electrons. The van der Waals surface area contributed by atoms with Crippen LogP contribution in [-0.2, 0) is 0 Å². The first-order valence-electron chi connectivity index (χ1n) is 4.38. The van der Waals surface area contributed by atoms with E-state index < -0.39 is 11.6 Å². The first-order valence-corrected chi connectivity index (χ1v) is 4.76. The van der Waals surface area contributed by atoms with Gasteiger partial charge in [0.2, 0.25) is 0 Å². The fourth-order valence-electron chi connectivity index (χ4n) is 1.42. The van der Waals surface area contributed by atoms with Gasteiger partial charge < -0.3 is 0 Å². The quantitative estimate of drug-likeness (QED) is 0.678. The van der Waals surface area contributed by atoms with Crippen molar-refractivity contribution in [2.24, 2.45) is 0 Å². The predicted molar refractivity (Wildman–Crippen MR) is 56.8 cm³/mol. The molecule has 3 heteroatoms. The summed E-state index contributed by atoms with van der Waals surface area (Å²) in [6.07, 6.45) is 0. The summed E-state index contributed by atoms with van der Waals surface area (Å²) in [5.41, 5.74) is 0.678. The maximum atomic E-state index is 13.5. The van der Waals surface area contributed by atoms with Gasteiger partial charge in [-0.2, -0.15) is 0 Å². The van der Waals surface area contributed by atoms with Crippen LogP contribution in [0.15, 0.2) is 42.5 Å². The number of halogens is 3. The standard InChI is InChI=1S/C12H7ClF2/c13-10-5-2-6-11(15)12(10)8-3-1-4-9(14)7-8/h1-7H. The van der Waals surface area contributed by atoms with Gasteiger partial charge in [-0.05, 0) is 29.8 Å². The van der Waals surface area contributed by atoms with Gasteiger partial charge in [0, 0.05) is 5.56 Å². The number of hydrogen-bond donors (Lipinski definition) is 0. The molecule has 0 aliphatic heterocycles. The Kier molecular flexibility index (Phi) is 2.69. The Morgan fingerprint density at radius 1 is 0.933 bits per heavy atom. The minimum absolute atomic E-state index is 0.235. The van der Waals surface area contributed by atoms with Gasteiger partial charge in [0.15, 0.2) is 0 Å². The molecule has 0 fully saturated rings. The first kappa shape index (κ1) is 10.1. The molecule has 0 aromatic heterocycles. The van der Waals surface area contributed by atoms with Gasteiger partial charge in [0.05, 0.1) is 5.02 Å². The maximum absolute atomic E-state index is 13.5. The molecule has 0 N–H and O–H groups in total. The lowest BCUT2D eigenvalue weighted by Crippen LogP contribution is -1.86. The zero-order chi connectivity index (χ0) is 10.8. The van der Waals surface area contributed by atoms with Crippen molar-refractivity contribution >= 4 is 11.6 Å². The smallest absolute Gasteiger partial charge is 0.132 e. The van der Waals surface area contributed by atoms with E-state index in [9.17, 15) is 8.78 Å². The average Bonchev–Trinajstić information content (AvgIpc) is 2.17. The Hall–Kier alpha value is -1.41. The molecule has 2 aromatic rings. The highest BCUT2D eigenvalue weighted by Crippen LogP contribution is 2.30. The molecule has 0 spiro atoms. The molecule has 0 nitrogen and oxygen atoms in total. The average molecular weight is 225 g/mol. The topological polar surface area (TPSA) is 0 Å². The van der Waals surface area contributed by atoms with E-state index in [-0.39, 0.29) is 10.6 Å². The third kappa shape index (κ3) is 2.00. The van der Waals surface area contributed by atoms with Crippen LogP contribution in [0.25, 0.3) is 11.1 Å². The number of rotatable bonds is 1. The van der Waals surface area contributed by atoms with Crippen molar-refractivity contribution in [1.29, 1.82) is 0 Å². The minimum atomic E-state index is -0.451. The Bertz CT molecular complexity index is 474. The van der Waals surface area contributed by atoms with Crippen LogP contribution in [0.4, 0.5) is 8.78 Å². The van der Waals surface area contributed by atoms with Crippen LogP contribution in [0.2, 0.25) is 5.02 Å². The van der Waals surface area contributed by atoms with Crippen molar-refractivity contribution < 1.29 is 8.78 Å². The summed E-state index contributed by atoms with van der Waals surface area (Å²) in [5, 5.41) is 0.278. The van der Waals surface area contributed by atoms with Crippen molar-refractivity contribution in [3.63, 3.8) is 0 Å². The highest BCUT2D eigenvalue weighted by Gasteiger charge is 2.09. The van der Waals surface area contributed by atoms with Crippen molar-refractivity contribution in [3.8, 4) is 11.1 Å². The molecule has 0 bridgehead atoms. The minimum Gasteiger partial charge on any atom is -0.207 e. The summed E-state index contributed by atoms with van der Waals surface area (Å²) in [6.45, 7) is 0. The van der Waals surface area contributed by atoms with Gasteiger partial charge in [0.25, 0.3) is 0 Å². The van der Waals surface area contributed by atoms with Gasteiger partial charge >= 0.3 is 0 Å². The molecule has 0 amide bonds. The van der Waals surface area contributed by atoms with Crippen LogP contribution < -0.4 is 0 Å². The van der Waals surface area contributed by atoms with E-state index in [1.807, 2.05) is 0 Å². The van der Waals surface area contributed by atoms with E-state index in [4.69, 9.17) is 11.6 Å². The van der Waals surface area contributed by atoms with Crippen LogP contribution in [0.1, 0.15) is 0 Å². The lowest BCUT2D eigenvalue weighted by Gasteiger charge is -2.05. The summed E-state index contributed by atoms with van der Waals surface area (Å²) >= 11 is 5.85. The van der Waals surface area contributed by atoms with Crippen molar-refractivity contribution in [2.45, 2.75) is 0 Å². The Morgan fingerprint density at radius 2 is 1.67 bits per heavy atom. The second-order valence-electron chi connectivity index (χ2n) is 3.11. The van der Waals surface area contributed by atoms with E-state index in [0.29, 0.717) is 5.56 Å². The number of benzene rings is 2. The summed E-state index contributed by atoms with van der Waals surface area (Å²) in [4.78, 5) is 0. The van der Waals surface area contributed by atoms with E-state index in [1.54, 1.807) is 12.1 Å². The lowest BCUT2D eigenvalue weighted by molar-refractivity contribution is 0.624. The molecule has 0 unspecified atom stereocenters. The maximum Gasteiger partial charge on any atom is 0.132 e. The molecule has 0 aliphatic rings. The molecule has 0 atom stereocenters. The third-order valence-electron chi connectivity index (χ3n) is 2.08. The van der Waals surface area contributed by atoms with Gasteiger partial charge in [-0.1, -0.05) is 29.8 Å². The molecule has 76 valence electrons. The molecular weight excluding hydrogens is 218 g/mol. The summed E-state index contributed by atoms with van der Waals surface area (Å²) in [6, 6.07) is 10.1. The monoisotopic (exact) mass is 224 g/mol. The highest BCUT2D eigenvalue weighted by atomic mass is 35.5. The largest absolute Gasteiger partial charge is 0.207 e. The zero-order valence-corrected chi connectivity index (χ0v) is 8.43. The van der Waals surface area contributed by atoms with Crippen LogP contribution >= 0.6 is 11.6 Å². The molecule has 2 aromatic carbocycles. The van der Waals surface area contributed by atoms with Gasteiger partial charge in [-0.15, -0.1) is 0 Å². The van der Waals surface area contributed by atoms with Crippen molar-refractivity contribution in [2.75, 3.05) is 0 Å². The number of hydrogen-bond acceptors (Lipinski definition) is 0. The third-order valence-corrected chi connectivity index (χ3v) is 2.39. The SMILES string of the molecule is Fc1cccc(-c2c(F)cccc2Cl)c1. The Labute approximate surface area is 91.1 Å². The Balaban J connectivity index is 2.63. The van der Waals surface area contributed by atoms with Gasteiger partial charge in [0.1, 0.15) is 11.6 Å². The second kappa shape index (κ2) is 3.99. The summed E-state index contributed by atoms with van der Waals surface area (Å²) in [7, 11) is 0. The van der Waals surface area contributed by atoms with E-state index >= 15 is 0 Å². The molecule has 15 heavy (non-hydrogen) atoms. The molecule has 0 heterocycles.